The molecule has 40 heavy (non-hydrogen) atoms. The van der Waals surface area contributed by atoms with E-state index in [9.17, 15) is 9.90 Å². The van der Waals surface area contributed by atoms with Gasteiger partial charge in [-0.05, 0) is 69.5 Å². The Bertz CT molecular complexity index is 1300. The normalized spacial score (nSPS) is 22.2. The Kier molecular flexibility index (Phi) is 8.63. The second-order valence-corrected chi connectivity index (χ2v) is 10.6. The van der Waals surface area contributed by atoms with Crippen LogP contribution in [0.2, 0.25) is 0 Å². The summed E-state index contributed by atoms with van der Waals surface area (Å²) in [6, 6.07) is 11.0. The summed E-state index contributed by atoms with van der Waals surface area (Å²) < 4.78 is 17.1. The van der Waals surface area contributed by atoms with Gasteiger partial charge in [0.2, 0.25) is 5.91 Å². The van der Waals surface area contributed by atoms with E-state index in [-0.39, 0.29) is 25.0 Å². The molecule has 0 saturated heterocycles. The summed E-state index contributed by atoms with van der Waals surface area (Å²) in [5.41, 5.74) is 8.10. The molecule has 0 spiro atoms. The number of nitrogens with two attached hydrogens (primary N) is 1. The van der Waals surface area contributed by atoms with E-state index < -0.39 is 17.2 Å². The molecule has 9 heteroatoms. The van der Waals surface area contributed by atoms with Crippen LogP contribution >= 0.6 is 0 Å². The summed E-state index contributed by atoms with van der Waals surface area (Å²) >= 11 is 0. The van der Waals surface area contributed by atoms with E-state index in [2.05, 4.69) is 5.32 Å². The van der Waals surface area contributed by atoms with Gasteiger partial charge in [0.25, 0.3) is 0 Å². The molecule has 0 aliphatic carbocycles. The molecule has 0 radical (unpaired) electrons. The third kappa shape index (κ3) is 5.75. The molecule has 2 aliphatic rings. The SMILES string of the molecule is C/C=C(/NC1c2ccc(OC)cc2OCC1(C)O)c1ccc(OCC)c(CN2C(=O)CC(CC)(CC)N=C2N)c1. The minimum Gasteiger partial charge on any atom is -0.497 e. The summed E-state index contributed by atoms with van der Waals surface area (Å²) in [6.07, 6.45) is 3.80. The molecule has 4 rings (SSSR count). The first-order valence-electron chi connectivity index (χ1n) is 14.0. The van der Waals surface area contributed by atoms with E-state index >= 15 is 0 Å². The minimum absolute atomic E-state index is 0.0429. The lowest BCUT2D eigenvalue weighted by Gasteiger charge is -2.40. The van der Waals surface area contributed by atoms with Crippen molar-refractivity contribution in [2.75, 3.05) is 20.3 Å². The van der Waals surface area contributed by atoms with Crippen molar-refractivity contribution < 1.29 is 24.1 Å². The number of hydrogen-bond donors (Lipinski definition) is 3. The molecule has 4 N–H and O–H groups in total. The standard InChI is InChI=1S/C31H42N4O5/c1-7-24(33-28-23-13-12-22(38-6)16-26(23)40-19-30(28,5)37)20-11-14-25(39-10-4)21(15-20)18-35-27(36)17-31(8-2,9-3)34-29(35)32/h7,11-16,28,33,37H,8-10,17-19H2,1-6H3,(H2,32,34)/b24-7+. The lowest BCUT2D eigenvalue weighted by atomic mass is 9.87. The van der Waals surface area contributed by atoms with Gasteiger partial charge < -0.3 is 30.4 Å². The lowest BCUT2D eigenvalue weighted by molar-refractivity contribution is -0.130. The van der Waals surface area contributed by atoms with Gasteiger partial charge in [-0.2, -0.15) is 0 Å². The zero-order valence-electron chi connectivity index (χ0n) is 24.4. The van der Waals surface area contributed by atoms with Crippen LogP contribution in [0.3, 0.4) is 0 Å². The Morgan fingerprint density at radius 2 is 2.00 bits per heavy atom. The molecule has 2 aromatic carbocycles. The third-order valence-corrected chi connectivity index (χ3v) is 7.99. The summed E-state index contributed by atoms with van der Waals surface area (Å²) in [5, 5.41) is 14.8. The molecule has 216 valence electrons. The number of carbonyl (C=O) groups is 1. The fourth-order valence-corrected chi connectivity index (χ4v) is 5.38. The first-order valence-corrected chi connectivity index (χ1v) is 14.0. The summed E-state index contributed by atoms with van der Waals surface area (Å²) in [4.78, 5) is 19.5. The molecule has 0 aromatic heterocycles. The zero-order chi connectivity index (χ0) is 29.1. The molecule has 9 nitrogen and oxygen atoms in total. The Morgan fingerprint density at radius 3 is 2.62 bits per heavy atom. The van der Waals surface area contributed by atoms with Crippen molar-refractivity contribution in [3.63, 3.8) is 0 Å². The number of guanidine groups is 1. The molecule has 0 bridgehead atoms. The van der Waals surface area contributed by atoms with E-state index in [4.69, 9.17) is 24.9 Å². The van der Waals surface area contributed by atoms with Crippen LogP contribution in [0.4, 0.5) is 0 Å². The quantitative estimate of drug-likeness (QED) is 0.398. The van der Waals surface area contributed by atoms with Crippen molar-refractivity contribution in [2.24, 2.45) is 10.7 Å². The second-order valence-electron chi connectivity index (χ2n) is 10.6. The van der Waals surface area contributed by atoms with Crippen molar-refractivity contribution in [3.05, 3.63) is 59.2 Å². The fraction of sp³-hybridized carbons (Fsp3) is 0.484. The van der Waals surface area contributed by atoms with Gasteiger partial charge in [0, 0.05) is 22.9 Å². The predicted molar refractivity (Wildman–Crippen MR) is 156 cm³/mol. The number of amides is 1. The van der Waals surface area contributed by atoms with Crippen molar-refractivity contribution in [1.29, 1.82) is 0 Å². The average Bonchev–Trinajstić information content (AvgIpc) is 2.95. The molecule has 2 aliphatic heterocycles. The number of fused-ring (bicyclic) bond motifs is 1. The van der Waals surface area contributed by atoms with Crippen LogP contribution in [-0.2, 0) is 11.3 Å². The summed E-state index contributed by atoms with van der Waals surface area (Å²) in [6.45, 7) is 10.6. The Labute approximate surface area is 237 Å². The Hall–Kier alpha value is -3.72. The molecule has 0 fully saturated rings. The van der Waals surface area contributed by atoms with E-state index in [1.54, 1.807) is 18.9 Å². The van der Waals surface area contributed by atoms with Crippen LogP contribution in [0.25, 0.3) is 5.70 Å². The second kappa shape index (κ2) is 11.8. The predicted octanol–water partition coefficient (Wildman–Crippen LogP) is 4.53. The highest BCUT2D eigenvalue weighted by molar-refractivity contribution is 5.99. The molecule has 1 amide bonds. The van der Waals surface area contributed by atoms with Gasteiger partial charge in [0.1, 0.15) is 29.5 Å². The number of benzene rings is 2. The Balaban J connectivity index is 1.67. The largest absolute Gasteiger partial charge is 0.497 e. The third-order valence-electron chi connectivity index (χ3n) is 7.99. The number of methoxy groups -OCH3 is 1. The van der Waals surface area contributed by atoms with E-state index in [0.717, 1.165) is 35.2 Å². The van der Waals surface area contributed by atoms with Crippen LogP contribution < -0.4 is 25.3 Å². The number of nitrogens with one attached hydrogen (secondary N) is 1. The van der Waals surface area contributed by atoms with E-state index in [1.807, 2.05) is 70.2 Å². The van der Waals surface area contributed by atoms with Gasteiger partial charge in [-0.15, -0.1) is 0 Å². The topological polar surface area (TPSA) is 119 Å². The van der Waals surface area contributed by atoms with E-state index in [0.29, 0.717) is 30.3 Å². The number of hydrogen-bond acceptors (Lipinski definition) is 8. The van der Waals surface area contributed by atoms with Gasteiger partial charge in [0.05, 0.1) is 38.3 Å². The number of aliphatic hydroxyl groups is 1. The van der Waals surface area contributed by atoms with Crippen molar-refractivity contribution in [3.8, 4) is 17.2 Å². The monoisotopic (exact) mass is 550 g/mol. The number of ether oxygens (including phenoxy) is 3. The molecule has 0 saturated carbocycles. The van der Waals surface area contributed by atoms with Gasteiger partial charge in [-0.25, -0.2) is 4.99 Å². The first kappa shape index (κ1) is 29.3. The number of allylic oxidation sites excluding steroid dienone is 1. The average molecular weight is 551 g/mol. The van der Waals surface area contributed by atoms with Crippen LogP contribution in [0.15, 0.2) is 47.5 Å². The highest BCUT2D eigenvalue weighted by atomic mass is 16.5. The smallest absolute Gasteiger partial charge is 0.232 e. The maximum Gasteiger partial charge on any atom is 0.232 e. The van der Waals surface area contributed by atoms with Crippen molar-refractivity contribution in [2.45, 2.75) is 77.6 Å². The molecule has 2 aromatic rings. The van der Waals surface area contributed by atoms with E-state index in [1.165, 1.54) is 0 Å². The van der Waals surface area contributed by atoms with Crippen molar-refractivity contribution >= 4 is 17.6 Å². The minimum atomic E-state index is -1.17. The van der Waals surface area contributed by atoms with Crippen molar-refractivity contribution in [1.82, 2.24) is 10.2 Å². The molecule has 2 unspecified atom stereocenters. The van der Waals surface area contributed by atoms with Crippen LogP contribution in [0, 0.1) is 0 Å². The van der Waals surface area contributed by atoms with Gasteiger partial charge in [0.15, 0.2) is 5.96 Å². The maximum atomic E-state index is 13.2. The summed E-state index contributed by atoms with van der Waals surface area (Å²) in [7, 11) is 1.61. The number of carbonyl (C=O) groups excluding carboxylic acids is 1. The van der Waals surface area contributed by atoms with Crippen LogP contribution in [0.5, 0.6) is 17.2 Å². The van der Waals surface area contributed by atoms with Gasteiger partial charge >= 0.3 is 0 Å². The highest BCUT2D eigenvalue weighted by Crippen LogP contribution is 2.41. The van der Waals surface area contributed by atoms with Gasteiger partial charge in [-0.3, -0.25) is 9.69 Å². The molecule has 2 heterocycles. The lowest BCUT2D eigenvalue weighted by Crippen LogP contribution is -2.50. The summed E-state index contributed by atoms with van der Waals surface area (Å²) in [5.74, 6) is 2.23. The fourth-order valence-electron chi connectivity index (χ4n) is 5.38. The molecular formula is C31H42N4O5. The number of rotatable bonds is 10. The molecular weight excluding hydrogens is 508 g/mol. The Morgan fingerprint density at radius 1 is 1.25 bits per heavy atom. The van der Waals surface area contributed by atoms with Crippen LogP contribution in [-0.4, -0.2) is 53.3 Å². The van der Waals surface area contributed by atoms with Gasteiger partial charge in [-0.1, -0.05) is 19.9 Å². The first-order chi connectivity index (χ1) is 19.1. The zero-order valence-corrected chi connectivity index (χ0v) is 24.4. The molecule has 2 atom stereocenters. The maximum absolute atomic E-state index is 13.2. The van der Waals surface area contributed by atoms with Crippen LogP contribution in [0.1, 0.15) is 76.6 Å². The number of nitrogens with zero attached hydrogens (tertiary/aromatic N) is 2. The number of aliphatic imine (C=N–C) groups is 1. The highest BCUT2D eigenvalue weighted by Gasteiger charge is 2.41.